The van der Waals surface area contributed by atoms with Crippen LogP contribution in [0.3, 0.4) is 0 Å². The number of aromatic amines is 2. The summed E-state index contributed by atoms with van der Waals surface area (Å²) in [6.07, 6.45) is 8.09. The zero-order valence-corrected chi connectivity index (χ0v) is 27.6. The quantitative estimate of drug-likeness (QED) is 0.185. The first kappa shape index (κ1) is 30.3. The summed E-state index contributed by atoms with van der Waals surface area (Å²) in [5.41, 5.74) is 7.86. The van der Waals surface area contributed by atoms with Gasteiger partial charge in [-0.15, -0.1) is 0 Å². The van der Waals surface area contributed by atoms with Gasteiger partial charge in [0.15, 0.2) is 0 Å². The molecule has 0 amide bonds. The van der Waals surface area contributed by atoms with E-state index >= 15 is 0 Å². The van der Waals surface area contributed by atoms with Crippen LogP contribution >= 0.6 is 0 Å². The van der Waals surface area contributed by atoms with E-state index in [1.807, 2.05) is 48.6 Å². The molecule has 7 aromatic rings. The van der Waals surface area contributed by atoms with Gasteiger partial charge in [-0.2, -0.15) is 0 Å². The van der Waals surface area contributed by atoms with Crippen LogP contribution in [0, 0.1) is 0 Å². The third-order valence-electron chi connectivity index (χ3n) is 7.92. The molecular formula is C44H34CuN4. The van der Waals surface area contributed by atoms with Crippen LogP contribution in [0.2, 0.25) is 0 Å². The fraction of sp³-hybridized carbons (Fsp3) is 0. The summed E-state index contributed by atoms with van der Waals surface area (Å²) in [6.45, 7) is 0. The van der Waals surface area contributed by atoms with E-state index in [9.17, 15) is 0 Å². The van der Waals surface area contributed by atoms with Crippen LogP contribution in [0.25, 0.3) is 46.4 Å². The van der Waals surface area contributed by atoms with Crippen LogP contribution in [-0.2, 0) is 12.8 Å². The van der Waals surface area contributed by atoms with E-state index in [4.69, 9.17) is 0 Å². The molecule has 49 heavy (non-hydrogen) atoms. The van der Waals surface area contributed by atoms with E-state index in [2.05, 4.69) is 166 Å². The molecule has 5 heteroatoms. The molecule has 0 fully saturated rings. The Morgan fingerprint density at radius 3 is 0.796 bits per heavy atom. The Morgan fingerprint density at radius 1 is 0.306 bits per heavy atom. The summed E-state index contributed by atoms with van der Waals surface area (Å²) in [5.74, 6) is 0. The molecule has 2 aliphatic heterocycles. The molecule has 0 aliphatic carbocycles. The second-order valence-corrected chi connectivity index (χ2v) is 15.0. The summed E-state index contributed by atoms with van der Waals surface area (Å²) in [4.78, 5) is 16.0. The van der Waals surface area contributed by atoms with Gasteiger partial charge in [0.1, 0.15) is 0 Å². The number of aromatic nitrogens is 4. The van der Waals surface area contributed by atoms with Gasteiger partial charge in [-0.25, -0.2) is 9.97 Å². The zero-order chi connectivity index (χ0) is 32.9. The van der Waals surface area contributed by atoms with Gasteiger partial charge < -0.3 is 9.97 Å². The number of fused-ring (bicyclic) bond motifs is 8. The molecule has 3 aromatic heterocycles. The van der Waals surface area contributed by atoms with Crippen LogP contribution in [0.4, 0.5) is 0 Å². The van der Waals surface area contributed by atoms with Gasteiger partial charge in [0, 0.05) is 22.1 Å². The molecule has 0 spiro atoms. The second kappa shape index (κ2) is 13.6. The number of nitrogens with one attached hydrogen (secondary N) is 2. The Bertz CT molecular complexity index is 2090. The minimum absolute atomic E-state index is 0.939. The van der Waals surface area contributed by atoms with Crippen LogP contribution in [0.1, 0.15) is 22.8 Å². The molecule has 8 bridgehead atoms. The monoisotopic (exact) mass is 681 g/mol. The predicted octanol–water partition coefficient (Wildman–Crippen LogP) is 8.10. The number of hydrogen-bond donors (Lipinski definition) is 2. The second-order valence-electron chi connectivity index (χ2n) is 11.4. The zero-order valence-electron chi connectivity index (χ0n) is 26.7. The van der Waals surface area contributed by atoms with E-state index in [1.54, 1.807) is 0 Å². The van der Waals surface area contributed by atoms with Crippen molar-refractivity contribution in [2.45, 2.75) is 0 Å². The minimum atomic E-state index is -1.44. The molecule has 0 radical (unpaired) electrons. The molecule has 5 heterocycles. The molecule has 241 valence electrons. The predicted molar refractivity (Wildman–Crippen MR) is 203 cm³/mol. The van der Waals surface area contributed by atoms with E-state index in [1.165, 1.54) is 17.8 Å². The number of H-pyrrole nitrogens is 2. The van der Waals surface area contributed by atoms with Crippen LogP contribution in [0.5, 0.6) is 0 Å². The van der Waals surface area contributed by atoms with Crippen molar-refractivity contribution in [2.75, 3.05) is 0 Å². The Labute approximate surface area is 288 Å². The molecular weight excluding hydrogens is 648 g/mol. The van der Waals surface area contributed by atoms with Crippen molar-refractivity contribution in [3.63, 3.8) is 0 Å². The van der Waals surface area contributed by atoms with Crippen molar-refractivity contribution in [3.05, 3.63) is 193 Å². The van der Waals surface area contributed by atoms with E-state index < -0.39 is 12.8 Å². The third kappa shape index (κ3) is 6.46. The maximum absolute atomic E-state index is 4.63. The first-order valence-corrected chi connectivity index (χ1v) is 18.0. The first-order chi connectivity index (χ1) is 24.2. The molecule has 0 atom stereocenters. The SMILES string of the molecule is C1=Cc2cc3ccc(cc4nc(cc5ccc(cc1n2)[nH]5)C=C4)[nH]3.c1cc[c]([Cu]([c]2ccccc2)([c]2ccccc2)[c]2ccccc2)cc1. The van der Waals surface area contributed by atoms with Crippen molar-refractivity contribution < 1.29 is 12.8 Å². The van der Waals surface area contributed by atoms with Crippen LogP contribution in [0.15, 0.2) is 170 Å². The fourth-order valence-electron chi connectivity index (χ4n) is 5.75. The molecule has 0 saturated heterocycles. The fourth-order valence-corrected chi connectivity index (χ4v) is 10.2. The molecule has 0 saturated carbocycles. The van der Waals surface area contributed by atoms with Gasteiger partial charge in [-0.3, -0.25) is 0 Å². The summed E-state index contributed by atoms with van der Waals surface area (Å²) >= 11 is -1.44. The molecule has 4 nitrogen and oxygen atoms in total. The first-order valence-electron chi connectivity index (χ1n) is 16.1. The van der Waals surface area contributed by atoms with Crippen molar-refractivity contribution in [2.24, 2.45) is 0 Å². The Kier molecular flexibility index (Phi) is 8.43. The molecule has 2 N–H and O–H groups in total. The maximum atomic E-state index is 4.63. The van der Waals surface area contributed by atoms with Crippen LogP contribution in [-0.4, -0.2) is 19.9 Å². The van der Waals surface area contributed by atoms with Gasteiger partial charge in [0.25, 0.3) is 0 Å². The van der Waals surface area contributed by atoms with Gasteiger partial charge >= 0.3 is 152 Å². The molecule has 0 unspecified atom stereocenters. The standard InChI is InChI=1S/C20H14N4.4C6H5.Cu/c1-2-14-10-16-5-6-18(23-16)12-20-8-7-19(24-20)11-17-4-3-15(22-17)9-13(1)21-14;4*1-2-4-6-5-3-1;/h1-12,21,24H;4*1-5H;. The number of nitrogens with zero attached hydrogens (tertiary/aromatic N) is 2. The Balaban J connectivity index is 0.000000142. The summed E-state index contributed by atoms with van der Waals surface area (Å²) in [6, 6.07) is 60.0. The van der Waals surface area contributed by atoms with Gasteiger partial charge in [-0.05, 0) is 72.8 Å². The topological polar surface area (TPSA) is 57.4 Å². The Hall–Kier alpha value is -6.00. The van der Waals surface area contributed by atoms with Crippen molar-refractivity contribution in [1.29, 1.82) is 0 Å². The summed E-state index contributed by atoms with van der Waals surface area (Å²) in [5, 5.41) is 0. The normalized spacial score (nSPS) is 12.2. The third-order valence-corrected chi connectivity index (χ3v) is 12.4. The van der Waals surface area contributed by atoms with Crippen molar-refractivity contribution in [3.8, 4) is 0 Å². The van der Waals surface area contributed by atoms with Crippen molar-refractivity contribution >= 4 is 64.2 Å². The van der Waals surface area contributed by atoms with Crippen molar-refractivity contribution in [1.82, 2.24) is 19.9 Å². The average Bonchev–Trinajstić information content (AvgIpc) is 3.98. The molecule has 4 aromatic carbocycles. The summed E-state index contributed by atoms with van der Waals surface area (Å²) < 4.78 is 5.42. The molecule has 9 rings (SSSR count). The molecule has 2 aliphatic rings. The van der Waals surface area contributed by atoms with Crippen LogP contribution < -0.4 is 17.8 Å². The van der Waals surface area contributed by atoms with E-state index in [0.717, 1.165) is 44.8 Å². The van der Waals surface area contributed by atoms with Gasteiger partial charge in [0.2, 0.25) is 0 Å². The average molecular weight is 682 g/mol. The number of rotatable bonds is 4. The number of hydrogen-bond acceptors (Lipinski definition) is 2. The Morgan fingerprint density at radius 2 is 0.551 bits per heavy atom. The van der Waals surface area contributed by atoms with E-state index in [0.29, 0.717) is 0 Å². The number of benzene rings is 4. The van der Waals surface area contributed by atoms with Gasteiger partial charge in [-0.1, -0.05) is 0 Å². The van der Waals surface area contributed by atoms with Gasteiger partial charge in [0.05, 0.1) is 22.8 Å². The summed E-state index contributed by atoms with van der Waals surface area (Å²) in [7, 11) is 0. The van der Waals surface area contributed by atoms with E-state index in [-0.39, 0.29) is 0 Å².